The van der Waals surface area contributed by atoms with Gasteiger partial charge < -0.3 is 10.6 Å². The van der Waals surface area contributed by atoms with Gasteiger partial charge in [0, 0.05) is 0 Å². The van der Waals surface area contributed by atoms with Crippen molar-refractivity contribution in [1.29, 1.82) is 0 Å². The maximum absolute atomic E-state index is 11.4. The van der Waals surface area contributed by atoms with E-state index in [0.717, 1.165) is 23.1 Å². The highest BCUT2D eigenvalue weighted by atomic mass is 79.9. The number of carbonyl (C=O) groups excluding carboxylic acids is 1. The number of carbonyl (C=O) groups is 1. The van der Waals surface area contributed by atoms with Gasteiger partial charge in [0.2, 0.25) is 5.91 Å². The Morgan fingerprint density at radius 1 is 1.73 bits per heavy atom. The summed E-state index contributed by atoms with van der Waals surface area (Å²) in [6.45, 7) is 1.42. The molecule has 1 aliphatic heterocycles. The van der Waals surface area contributed by atoms with Crippen molar-refractivity contribution in [3.05, 3.63) is 16.4 Å². The van der Waals surface area contributed by atoms with Gasteiger partial charge in [0.05, 0.1) is 29.0 Å². The Morgan fingerprint density at radius 3 is 2.93 bits per heavy atom. The normalized spacial score (nSPS) is 18.9. The molecule has 0 bridgehead atoms. The van der Waals surface area contributed by atoms with E-state index in [1.165, 1.54) is 0 Å². The number of hydrogen-bond donors (Lipinski definition) is 3. The van der Waals surface area contributed by atoms with E-state index in [0.29, 0.717) is 6.54 Å². The van der Waals surface area contributed by atoms with Crippen LogP contribution in [0.3, 0.4) is 0 Å². The first-order valence-corrected chi connectivity index (χ1v) is 5.25. The van der Waals surface area contributed by atoms with Crippen molar-refractivity contribution >= 4 is 34.2 Å². The predicted molar refractivity (Wildman–Crippen MR) is 61.8 cm³/mol. The number of hydrogen-bond acceptors (Lipinski definition) is 3. The highest BCUT2D eigenvalue weighted by molar-refractivity contribution is 9.10. The number of halogens is 2. The van der Waals surface area contributed by atoms with Crippen molar-refractivity contribution in [2.24, 2.45) is 0 Å². The molecule has 1 aromatic heterocycles. The third kappa shape index (κ3) is 2.93. The molecule has 0 aromatic carbocycles. The summed E-state index contributed by atoms with van der Waals surface area (Å²) >= 11 is 3.32. The third-order valence-electron chi connectivity index (χ3n) is 2.25. The first-order chi connectivity index (χ1) is 6.77. The number of amides is 1. The van der Waals surface area contributed by atoms with Crippen LogP contribution in [-0.4, -0.2) is 28.7 Å². The fourth-order valence-electron chi connectivity index (χ4n) is 1.23. The van der Waals surface area contributed by atoms with Crippen LogP contribution in [-0.2, 0) is 11.3 Å². The molecule has 1 atom stereocenters. The maximum Gasteiger partial charge on any atom is 0.237 e. The zero-order valence-corrected chi connectivity index (χ0v) is 10.3. The van der Waals surface area contributed by atoms with E-state index in [4.69, 9.17) is 0 Å². The second-order valence-electron chi connectivity index (χ2n) is 3.21. The molecule has 0 unspecified atom stereocenters. The lowest BCUT2D eigenvalue weighted by molar-refractivity contribution is -0.124. The lowest BCUT2D eigenvalue weighted by atomic mass is 10.1. The van der Waals surface area contributed by atoms with E-state index in [1.807, 2.05) is 0 Å². The minimum Gasteiger partial charge on any atom is -0.349 e. The standard InChI is InChI=1S/C8H11BrN4O.ClH/c9-5-3-12-13-7(5)4-11-8(14)6-1-2-10-6;/h3,6,10H,1-2,4H2,(H,11,14)(H,12,13);1H/t6-;/m1./s1. The van der Waals surface area contributed by atoms with Crippen LogP contribution in [0.15, 0.2) is 10.7 Å². The highest BCUT2D eigenvalue weighted by Gasteiger charge is 2.23. The predicted octanol–water partition coefficient (Wildman–Crippen LogP) is 0.572. The molecule has 1 fully saturated rings. The molecular formula is C8H12BrClN4O. The summed E-state index contributed by atoms with van der Waals surface area (Å²) in [6, 6.07) is -0.00306. The van der Waals surface area contributed by atoms with E-state index in [9.17, 15) is 4.79 Å². The molecule has 1 saturated heterocycles. The average Bonchev–Trinajstić information content (AvgIpc) is 2.44. The molecule has 0 radical (unpaired) electrons. The molecule has 0 saturated carbocycles. The summed E-state index contributed by atoms with van der Waals surface area (Å²) in [7, 11) is 0. The zero-order chi connectivity index (χ0) is 9.97. The van der Waals surface area contributed by atoms with Crippen LogP contribution in [0.25, 0.3) is 0 Å². The summed E-state index contributed by atoms with van der Waals surface area (Å²) in [5.41, 5.74) is 0.887. The number of nitrogens with one attached hydrogen (secondary N) is 3. The van der Waals surface area contributed by atoms with Crippen molar-refractivity contribution in [2.45, 2.75) is 19.0 Å². The summed E-state index contributed by atoms with van der Waals surface area (Å²) < 4.78 is 0.888. The van der Waals surface area contributed by atoms with Crippen LogP contribution in [0.1, 0.15) is 12.1 Å². The summed E-state index contributed by atoms with van der Waals surface area (Å²) in [6.07, 6.45) is 2.60. The number of H-pyrrole nitrogens is 1. The number of aromatic amines is 1. The molecule has 7 heteroatoms. The van der Waals surface area contributed by atoms with E-state index in [-0.39, 0.29) is 24.4 Å². The van der Waals surface area contributed by atoms with E-state index < -0.39 is 0 Å². The molecule has 5 nitrogen and oxygen atoms in total. The molecule has 0 aliphatic carbocycles. The Hall–Kier alpha value is -0.590. The molecule has 2 rings (SSSR count). The first-order valence-electron chi connectivity index (χ1n) is 4.46. The van der Waals surface area contributed by atoms with Crippen molar-refractivity contribution in [3.8, 4) is 0 Å². The van der Waals surface area contributed by atoms with Crippen molar-refractivity contribution in [2.75, 3.05) is 6.54 Å². The molecule has 3 N–H and O–H groups in total. The second kappa shape index (κ2) is 5.48. The summed E-state index contributed by atoms with van der Waals surface area (Å²) in [5, 5.41) is 12.5. The minimum absolute atomic E-state index is 0. The quantitative estimate of drug-likeness (QED) is 0.764. The van der Waals surface area contributed by atoms with Gasteiger partial charge in [-0.25, -0.2) is 0 Å². The van der Waals surface area contributed by atoms with Crippen LogP contribution < -0.4 is 10.6 Å². The van der Waals surface area contributed by atoms with Crippen molar-refractivity contribution in [1.82, 2.24) is 20.8 Å². The average molecular weight is 296 g/mol. The van der Waals surface area contributed by atoms with Gasteiger partial charge >= 0.3 is 0 Å². The molecule has 1 aliphatic rings. The molecule has 1 amide bonds. The Labute approximate surface area is 102 Å². The minimum atomic E-state index is -0.00306. The van der Waals surface area contributed by atoms with E-state index in [1.54, 1.807) is 6.20 Å². The Bertz CT molecular complexity index is 339. The highest BCUT2D eigenvalue weighted by Crippen LogP contribution is 2.12. The SMILES string of the molecule is Cl.O=C(NCc1[nH]ncc1Br)[C@H]1CCN1. The molecule has 0 spiro atoms. The zero-order valence-electron chi connectivity index (χ0n) is 7.92. The Kier molecular flexibility index (Phi) is 4.56. The van der Waals surface area contributed by atoms with Gasteiger partial charge in [0.15, 0.2) is 0 Å². The van der Waals surface area contributed by atoms with E-state index >= 15 is 0 Å². The molecule has 2 heterocycles. The number of aromatic nitrogens is 2. The number of nitrogens with zero attached hydrogens (tertiary/aromatic N) is 1. The molecule has 15 heavy (non-hydrogen) atoms. The lowest BCUT2D eigenvalue weighted by Gasteiger charge is -2.26. The van der Waals surface area contributed by atoms with Crippen LogP contribution in [0.4, 0.5) is 0 Å². The van der Waals surface area contributed by atoms with Gasteiger partial charge in [-0.2, -0.15) is 5.10 Å². The van der Waals surface area contributed by atoms with Crippen LogP contribution in [0.2, 0.25) is 0 Å². The molecule has 84 valence electrons. The van der Waals surface area contributed by atoms with Crippen molar-refractivity contribution in [3.63, 3.8) is 0 Å². The third-order valence-corrected chi connectivity index (χ3v) is 2.93. The smallest absolute Gasteiger partial charge is 0.237 e. The fourth-order valence-corrected chi connectivity index (χ4v) is 1.56. The monoisotopic (exact) mass is 294 g/mol. The van der Waals surface area contributed by atoms with Gasteiger partial charge in [-0.15, -0.1) is 12.4 Å². The van der Waals surface area contributed by atoms with Crippen molar-refractivity contribution < 1.29 is 4.79 Å². The largest absolute Gasteiger partial charge is 0.349 e. The van der Waals surface area contributed by atoms with Gasteiger partial charge in [-0.1, -0.05) is 0 Å². The molecular weight excluding hydrogens is 283 g/mol. The maximum atomic E-state index is 11.4. The van der Waals surface area contributed by atoms with Gasteiger partial charge in [0.1, 0.15) is 0 Å². The molecule has 1 aromatic rings. The topological polar surface area (TPSA) is 69.8 Å². The van der Waals surface area contributed by atoms with Gasteiger partial charge in [-0.3, -0.25) is 9.89 Å². The summed E-state index contributed by atoms with van der Waals surface area (Å²) in [5.74, 6) is 0.0535. The van der Waals surface area contributed by atoms with Crippen LogP contribution in [0, 0.1) is 0 Å². The Balaban J connectivity index is 0.00000112. The lowest BCUT2D eigenvalue weighted by Crippen LogP contribution is -2.53. The van der Waals surface area contributed by atoms with Crippen LogP contribution in [0.5, 0.6) is 0 Å². The summed E-state index contributed by atoms with van der Waals surface area (Å²) in [4.78, 5) is 11.4. The van der Waals surface area contributed by atoms with Gasteiger partial charge in [0.25, 0.3) is 0 Å². The van der Waals surface area contributed by atoms with Crippen LogP contribution >= 0.6 is 28.3 Å². The number of rotatable bonds is 3. The fraction of sp³-hybridized carbons (Fsp3) is 0.500. The second-order valence-corrected chi connectivity index (χ2v) is 4.06. The first kappa shape index (κ1) is 12.5. The Morgan fingerprint density at radius 2 is 2.47 bits per heavy atom. The van der Waals surface area contributed by atoms with E-state index in [2.05, 4.69) is 36.8 Å². The van der Waals surface area contributed by atoms with Gasteiger partial charge in [-0.05, 0) is 28.9 Å².